The van der Waals surface area contributed by atoms with E-state index >= 15 is 0 Å². The number of hydrogen-bond donors (Lipinski definition) is 1. The molecule has 7 heteroatoms. The Labute approximate surface area is 116 Å². The van der Waals surface area contributed by atoms with E-state index in [1.165, 1.54) is 4.68 Å². The van der Waals surface area contributed by atoms with Crippen molar-refractivity contribution in [3.8, 4) is 0 Å². The van der Waals surface area contributed by atoms with Gasteiger partial charge in [-0.15, -0.1) is 0 Å². The van der Waals surface area contributed by atoms with Crippen LogP contribution in [0.2, 0.25) is 5.02 Å². The Morgan fingerprint density at radius 3 is 2.74 bits per heavy atom. The molecule has 0 fully saturated rings. The molecule has 2 rings (SSSR count). The van der Waals surface area contributed by atoms with Gasteiger partial charge in [0.05, 0.1) is 23.8 Å². The van der Waals surface area contributed by atoms with Crippen molar-refractivity contribution in [2.24, 2.45) is 0 Å². The summed E-state index contributed by atoms with van der Waals surface area (Å²) >= 11 is 6.06. The van der Waals surface area contributed by atoms with Crippen molar-refractivity contribution < 1.29 is 0 Å². The van der Waals surface area contributed by atoms with Gasteiger partial charge in [0.1, 0.15) is 5.02 Å². The Balaban J connectivity index is 2.26. The van der Waals surface area contributed by atoms with Crippen molar-refractivity contribution in [1.29, 1.82) is 0 Å². The minimum absolute atomic E-state index is 0.146. The number of halogens is 1. The second-order valence-corrected chi connectivity index (χ2v) is 4.49. The van der Waals surface area contributed by atoms with Gasteiger partial charge < -0.3 is 5.32 Å². The summed E-state index contributed by atoms with van der Waals surface area (Å²) in [6.45, 7) is 5.32. The standard InChI is InChI=1S/C12H16ClN5O/c1-3-5-18-12(19)11(13)10(7-15-18)16-9-6-14-17(4-2)8-9/h6-8,16H,3-5H2,1-2H3. The summed E-state index contributed by atoms with van der Waals surface area (Å²) in [4.78, 5) is 11.9. The number of hydrogen-bond acceptors (Lipinski definition) is 4. The molecule has 0 aliphatic carbocycles. The first-order valence-electron chi connectivity index (χ1n) is 6.20. The molecule has 2 aromatic rings. The van der Waals surface area contributed by atoms with Crippen molar-refractivity contribution in [1.82, 2.24) is 19.6 Å². The number of anilines is 2. The van der Waals surface area contributed by atoms with Crippen LogP contribution >= 0.6 is 11.6 Å². The topological polar surface area (TPSA) is 64.7 Å². The van der Waals surface area contributed by atoms with Crippen LogP contribution in [0.15, 0.2) is 23.4 Å². The normalized spacial score (nSPS) is 10.7. The Morgan fingerprint density at radius 1 is 1.32 bits per heavy atom. The van der Waals surface area contributed by atoms with E-state index in [9.17, 15) is 4.79 Å². The van der Waals surface area contributed by atoms with Crippen LogP contribution in [-0.4, -0.2) is 19.6 Å². The molecule has 0 spiro atoms. The minimum Gasteiger partial charge on any atom is -0.350 e. The van der Waals surface area contributed by atoms with E-state index < -0.39 is 0 Å². The third-order valence-corrected chi connectivity index (χ3v) is 3.02. The molecule has 0 aliphatic heterocycles. The molecule has 0 aromatic carbocycles. The smallest absolute Gasteiger partial charge is 0.287 e. The van der Waals surface area contributed by atoms with Gasteiger partial charge in [0, 0.05) is 19.3 Å². The highest BCUT2D eigenvalue weighted by molar-refractivity contribution is 6.33. The van der Waals surface area contributed by atoms with Crippen LogP contribution < -0.4 is 10.9 Å². The highest BCUT2D eigenvalue weighted by Gasteiger charge is 2.09. The Kier molecular flexibility index (Phi) is 4.21. The molecule has 0 saturated carbocycles. The third-order valence-electron chi connectivity index (χ3n) is 2.66. The minimum atomic E-state index is -0.281. The maximum absolute atomic E-state index is 11.9. The first-order valence-corrected chi connectivity index (χ1v) is 6.58. The van der Waals surface area contributed by atoms with E-state index in [-0.39, 0.29) is 10.6 Å². The summed E-state index contributed by atoms with van der Waals surface area (Å²) < 4.78 is 3.14. The van der Waals surface area contributed by atoms with Crippen molar-refractivity contribution in [3.63, 3.8) is 0 Å². The SMILES string of the molecule is CCCn1ncc(Nc2cnn(CC)c2)c(Cl)c1=O. The molecule has 19 heavy (non-hydrogen) atoms. The molecule has 0 unspecified atom stereocenters. The van der Waals surface area contributed by atoms with Gasteiger partial charge in [-0.05, 0) is 13.3 Å². The number of nitrogens with zero attached hydrogens (tertiary/aromatic N) is 4. The molecule has 102 valence electrons. The number of rotatable bonds is 5. The van der Waals surface area contributed by atoms with E-state index in [0.29, 0.717) is 12.2 Å². The van der Waals surface area contributed by atoms with Gasteiger partial charge in [-0.1, -0.05) is 18.5 Å². The summed E-state index contributed by atoms with van der Waals surface area (Å²) in [5, 5.41) is 11.4. The van der Waals surface area contributed by atoms with Gasteiger partial charge in [-0.25, -0.2) is 4.68 Å². The fraction of sp³-hybridized carbons (Fsp3) is 0.417. The summed E-state index contributed by atoms with van der Waals surface area (Å²) in [7, 11) is 0. The zero-order valence-electron chi connectivity index (χ0n) is 10.9. The summed E-state index contributed by atoms with van der Waals surface area (Å²) in [6, 6.07) is 0. The van der Waals surface area contributed by atoms with Crippen molar-refractivity contribution in [2.75, 3.05) is 5.32 Å². The van der Waals surface area contributed by atoms with Crippen LogP contribution in [0.4, 0.5) is 11.4 Å². The number of aromatic nitrogens is 4. The fourth-order valence-corrected chi connectivity index (χ4v) is 1.87. The van der Waals surface area contributed by atoms with E-state index in [0.717, 1.165) is 18.7 Å². The molecule has 2 aromatic heterocycles. The predicted octanol–water partition coefficient (Wildman–Crippen LogP) is 2.27. The van der Waals surface area contributed by atoms with E-state index in [4.69, 9.17) is 11.6 Å². The van der Waals surface area contributed by atoms with Gasteiger partial charge in [0.2, 0.25) is 0 Å². The van der Waals surface area contributed by atoms with Gasteiger partial charge in [-0.2, -0.15) is 10.2 Å². The molecule has 0 amide bonds. The highest BCUT2D eigenvalue weighted by Crippen LogP contribution is 2.20. The largest absolute Gasteiger partial charge is 0.350 e. The molecule has 0 bridgehead atoms. The molecule has 6 nitrogen and oxygen atoms in total. The van der Waals surface area contributed by atoms with Gasteiger partial charge in [0.25, 0.3) is 5.56 Å². The van der Waals surface area contributed by atoms with Crippen molar-refractivity contribution in [3.05, 3.63) is 34.0 Å². The molecule has 2 heterocycles. The van der Waals surface area contributed by atoms with E-state index in [2.05, 4.69) is 15.5 Å². The first kappa shape index (κ1) is 13.6. The summed E-state index contributed by atoms with van der Waals surface area (Å²) in [5.74, 6) is 0. The lowest BCUT2D eigenvalue weighted by Crippen LogP contribution is -2.23. The molecule has 0 aliphatic rings. The van der Waals surface area contributed by atoms with Crippen LogP contribution in [0, 0.1) is 0 Å². The second-order valence-electron chi connectivity index (χ2n) is 4.11. The van der Waals surface area contributed by atoms with Crippen LogP contribution in [0.5, 0.6) is 0 Å². The quantitative estimate of drug-likeness (QED) is 0.913. The maximum atomic E-state index is 11.9. The lowest BCUT2D eigenvalue weighted by atomic mass is 10.4. The lowest BCUT2D eigenvalue weighted by Gasteiger charge is -2.08. The molecule has 0 saturated heterocycles. The summed E-state index contributed by atoms with van der Waals surface area (Å²) in [6.07, 6.45) is 5.91. The van der Waals surface area contributed by atoms with Gasteiger partial charge in [0.15, 0.2) is 0 Å². The second kappa shape index (κ2) is 5.88. The molecule has 0 atom stereocenters. The van der Waals surface area contributed by atoms with E-state index in [1.54, 1.807) is 17.1 Å². The zero-order chi connectivity index (χ0) is 13.8. The average Bonchev–Trinajstić information content (AvgIpc) is 2.86. The zero-order valence-corrected chi connectivity index (χ0v) is 11.7. The first-order chi connectivity index (χ1) is 9.15. The van der Waals surface area contributed by atoms with Crippen molar-refractivity contribution >= 4 is 23.0 Å². The van der Waals surface area contributed by atoms with E-state index in [1.807, 2.05) is 20.0 Å². The predicted molar refractivity (Wildman–Crippen MR) is 75.0 cm³/mol. The lowest BCUT2D eigenvalue weighted by molar-refractivity contribution is 0.569. The molecular formula is C12H16ClN5O. The summed E-state index contributed by atoms with van der Waals surface area (Å²) in [5.41, 5.74) is 0.990. The van der Waals surface area contributed by atoms with Gasteiger partial charge >= 0.3 is 0 Å². The maximum Gasteiger partial charge on any atom is 0.287 e. The van der Waals surface area contributed by atoms with Crippen LogP contribution in [0.1, 0.15) is 20.3 Å². The highest BCUT2D eigenvalue weighted by atomic mass is 35.5. The molecular weight excluding hydrogens is 266 g/mol. The Hall–Kier alpha value is -1.82. The van der Waals surface area contributed by atoms with Crippen LogP contribution in [0.3, 0.4) is 0 Å². The van der Waals surface area contributed by atoms with Crippen molar-refractivity contribution in [2.45, 2.75) is 33.4 Å². The number of nitrogens with one attached hydrogen (secondary N) is 1. The third kappa shape index (κ3) is 2.96. The van der Waals surface area contributed by atoms with Crippen LogP contribution in [0.25, 0.3) is 0 Å². The Bertz CT molecular complexity index is 619. The molecule has 1 N–H and O–H groups in total. The van der Waals surface area contributed by atoms with Gasteiger partial charge in [-0.3, -0.25) is 9.48 Å². The Morgan fingerprint density at radius 2 is 2.11 bits per heavy atom. The molecule has 0 radical (unpaired) electrons. The average molecular weight is 282 g/mol. The monoisotopic (exact) mass is 281 g/mol. The number of aryl methyl sites for hydroxylation is 2. The fourth-order valence-electron chi connectivity index (χ4n) is 1.68. The van der Waals surface area contributed by atoms with Crippen LogP contribution in [-0.2, 0) is 13.1 Å².